The zero-order valence-corrected chi connectivity index (χ0v) is 13.0. The van der Waals surface area contributed by atoms with E-state index in [0.717, 1.165) is 16.8 Å². The number of carboxylic acid groups (broad SMARTS) is 1. The summed E-state index contributed by atoms with van der Waals surface area (Å²) in [5.74, 6) is -0.781. The predicted octanol–water partition coefficient (Wildman–Crippen LogP) is 4.05. The first kappa shape index (κ1) is 16.5. The molecule has 0 aliphatic carbocycles. The number of hydrogen-bond donors (Lipinski definition) is 3. The number of amides is 2. The number of para-hydroxylation sites is 1. The Kier molecular flexibility index (Phi) is 5.74. The number of carbonyl (C=O) groups excluding carboxylic acids is 1. The lowest BCUT2D eigenvalue weighted by atomic mass is 10.1. The van der Waals surface area contributed by atoms with E-state index in [1.807, 2.05) is 55.5 Å². The molecule has 0 saturated carbocycles. The molecule has 3 N–H and O–H groups in total. The molecule has 0 aliphatic heterocycles. The van der Waals surface area contributed by atoms with Crippen LogP contribution in [0.25, 0.3) is 0 Å². The van der Waals surface area contributed by atoms with Crippen LogP contribution >= 0.6 is 0 Å². The van der Waals surface area contributed by atoms with Crippen LogP contribution in [0.1, 0.15) is 24.0 Å². The van der Waals surface area contributed by atoms with Crippen LogP contribution in [-0.4, -0.2) is 17.1 Å². The van der Waals surface area contributed by atoms with Crippen LogP contribution < -0.4 is 10.6 Å². The van der Waals surface area contributed by atoms with Crippen molar-refractivity contribution in [2.24, 2.45) is 0 Å². The molecule has 0 fully saturated rings. The smallest absolute Gasteiger partial charge is 0.323 e. The minimum atomic E-state index is -0.781. The van der Waals surface area contributed by atoms with E-state index in [-0.39, 0.29) is 12.5 Å². The Labute approximate surface area is 135 Å². The van der Waals surface area contributed by atoms with Crippen molar-refractivity contribution in [2.75, 3.05) is 10.6 Å². The maximum Gasteiger partial charge on any atom is 0.323 e. The van der Waals surface area contributed by atoms with Crippen molar-refractivity contribution in [1.29, 1.82) is 0 Å². The van der Waals surface area contributed by atoms with Gasteiger partial charge in [-0.05, 0) is 49.1 Å². The first-order valence-corrected chi connectivity index (χ1v) is 7.49. The number of aliphatic carboxylic acids is 1. The summed E-state index contributed by atoms with van der Waals surface area (Å²) in [5.41, 5.74) is 3.51. The summed E-state index contributed by atoms with van der Waals surface area (Å²) in [6.45, 7) is 1.93. The average Bonchev–Trinajstić information content (AvgIpc) is 2.51. The van der Waals surface area contributed by atoms with E-state index in [9.17, 15) is 9.59 Å². The molecule has 0 radical (unpaired) electrons. The summed E-state index contributed by atoms with van der Waals surface area (Å²) in [5, 5.41) is 14.2. The summed E-state index contributed by atoms with van der Waals surface area (Å²) in [4.78, 5) is 22.5. The van der Waals surface area contributed by atoms with Crippen LogP contribution in [0.2, 0.25) is 0 Å². The van der Waals surface area contributed by atoms with Gasteiger partial charge in [-0.1, -0.05) is 30.3 Å². The van der Waals surface area contributed by atoms with E-state index in [0.29, 0.717) is 18.5 Å². The summed E-state index contributed by atoms with van der Waals surface area (Å²) < 4.78 is 0. The summed E-state index contributed by atoms with van der Waals surface area (Å²) in [7, 11) is 0. The number of urea groups is 1. The molecule has 0 aromatic heterocycles. The second-order valence-corrected chi connectivity index (χ2v) is 5.34. The molecule has 5 nitrogen and oxygen atoms in total. The molecular weight excluding hydrogens is 292 g/mol. The van der Waals surface area contributed by atoms with E-state index in [2.05, 4.69) is 10.6 Å². The molecule has 120 valence electrons. The van der Waals surface area contributed by atoms with Crippen molar-refractivity contribution in [2.45, 2.75) is 26.2 Å². The maximum atomic E-state index is 12.0. The van der Waals surface area contributed by atoms with E-state index in [1.165, 1.54) is 0 Å². The van der Waals surface area contributed by atoms with Gasteiger partial charge in [-0.3, -0.25) is 4.79 Å². The molecule has 0 unspecified atom stereocenters. The highest BCUT2D eigenvalue weighted by Crippen LogP contribution is 2.15. The Morgan fingerprint density at radius 3 is 2.35 bits per heavy atom. The van der Waals surface area contributed by atoms with Gasteiger partial charge in [-0.15, -0.1) is 0 Å². The van der Waals surface area contributed by atoms with Gasteiger partial charge < -0.3 is 15.7 Å². The van der Waals surface area contributed by atoms with Gasteiger partial charge >= 0.3 is 12.0 Å². The van der Waals surface area contributed by atoms with Gasteiger partial charge in [0.15, 0.2) is 0 Å². The predicted molar refractivity (Wildman–Crippen MR) is 90.8 cm³/mol. The van der Waals surface area contributed by atoms with E-state index >= 15 is 0 Å². The second kappa shape index (κ2) is 7.98. The standard InChI is InChI=1S/C18H20N2O3/c1-13-5-2-3-7-16(13)20-18(23)19-15-11-9-14(10-12-15)6-4-8-17(21)22/h2-3,5,7,9-12H,4,6,8H2,1H3,(H,21,22)(H2,19,20,23). The fourth-order valence-electron chi connectivity index (χ4n) is 2.20. The van der Waals surface area contributed by atoms with Gasteiger partial charge in [0, 0.05) is 17.8 Å². The van der Waals surface area contributed by atoms with E-state index in [4.69, 9.17) is 5.11 Å². The number of hydrogen-bond acceptors (Lipinski definition) is 2. The Balaban J connectivity index is 1.86. The molecule has 0 saturated heterocycles. The topological polar surface area (TPSA) is 78.4 Å². The lowest BCUT2D eigenvalue weighted by Gasteiger charge is -2.10. The molecule has 2 aromatic carbocycles. The second-order valence-electron chi connectivity index (χ2n) is 5.34. The van der Waals surface area contributed by atoms with Crippen LogP contribution in [0.4, 0.5) is 16.2 Å². The molecule has 0 bridgehead atoms. The highest BCUT2D eigenvalue weighted by atomic mass is 16.4. The number of benzene rings is 2. The molecule has 23 heavy (non-hydrogen) atoms. The third-order valence-corrected chi connectivity index (χ3v) is 3.46. The Morgan fingerprint density at radius 1 is 1.00 bits per heavy atom. The fraction of sp³-hybridized carbons (Fsp3) is 0.222. The number of carbonyl (C=O) groups is 2. The van der Waals surface area contributed by atoms with Crippen molar-refractivity contribution >= 4 is 23.4 Å². The summed E-state index contributed by atoms with van der Waals surface area (Å²) >= 11 is 0. The first-order chi connectivity index (χ1) is 11.0. The summed E-state index contributed by atoms with van der Waals surface area (Å²) in [6, 6.07) is 14.7. The summed E-state index contributed by atoms with van der Waals surface area (Å²) in [6.07, 6.45) is 1.48. The van der Waals surface area contributed by atoms with Gasteiger partial charge in [-0.2, -0.15) is 0 Å². The van der Waals surface area contributed by atoms with Crippen LogP contribution in [0, 0.1) is 6.92 Å². The monoisotopic (exact) mass is 312 g/mol. The molecular formula is C18H20N2O3. The van der Waals surface area contributed by atoms with Gasteiger partial charge in [0.25, 0.3) is 0 Å². The molecule has 0 spiro atoms. The van der Waals surface area contributed by atoms with Crippen molar-refractivity contribution in [3.05, 3.63) is 59.7 Å². The molecule has 5 heteroatoms. The quantitative estimate of drug-likeness (QED) is 0.753. The third kappa shape index (κ3) is 5.47. The molecule has 0 heterocycles. The van der Waals surface area contributed by atoms with E-state index < -0.39 is 5.97 Å². The third-order valence-electron chi connectivity index (χ3n) is 3.46. The van der Waals surface area contributed by atoms with Gasteiger partial charge in [0.1, 0.15) is 0 Å². The minimum absolute atomic E-state index is 0.166. The van der Waals surface area contributed by atoms with Gasteiger partial charge in [0.2, 0.25) is 0 Å². The average molecular weight is 312 g/mol. The maximum absolute atomic E-state index is 12.0. The Bertz CT molecular complexity index is 681. The first-order valence-electron chi connectivity index (χ1n) is 7.49. The number of anilines is 2. The fourth-order valence-corrected chi connectivity index (χ4v) is 2.20. The van der Waals surface area contributed by atoms with Gasteiger partial charge in [-0.25, -0.2) is 4.79 Å². The van der Waals surface area contributed by atoms with Crippen molar-refractivity contribution in [1.82, 2.24) is 0 Å². The largest absolute Gasteiger partial charge is 0.481 e. The molecule has 2 amide bonds. The van der Waals surface area contributed by atoms with Crippen LogP contribution in [-0.2, 0) is 11.2 Å². The Morgan fingerprint density at radius 2 is 1.70 bits per heavy atom. The zero-order chi connectivity index (χ0) is 16.7. The van der Waals surface area contributed by atoms with Crippen LogP contribution in [0.15, 0.2) is 48.5 Å². The van der Waals surface area contributed by atoms with Gasteiger partial charge in [0.05, 0.1) is 0 Å². The SMILES string of the molecule is Cc1ccccc1NC(=O)Nc1ccc(CCCC(=O)O)cc1. The lowest BCUT2D eigenvalue weighted by molar-refractivity contribution is -0.137. The number of nitrogens with one attached hydrogen (secondary N) is 2. The van der Waals surface area contributed by atoms with Crippen molar-refractivity contribution < 1.29 is 14.7 Å². The highest BCUT2D eigenvalue weighted by molar-refractivity contribution is 6.00. The normalized spacial score (nSPS) is 10.1. The number of rotatable bonds is 6. The molecule has 2 aromatic rings. The van der Waals surface area contributed by atoms with Crippen molar-refractivity contribution in [3.63, 3.8) is 0 Å². The highest BCUT2D eigenvalue weighted by Gasteiger charge is 2.05. The molecule has 0 atom stereocenters. The van der Waals surface area contributed by atoms with E-state index in [1.54, 1.807) is 0 Å². The number of aryl methyl sites for hydroxylation is 2. The Hall–Kier alpha value is -2.82. The zero-order valence-electron chi connectivity index (χ0n) is 13.0. The molecule has 2 rings (SSSR count). The molecule has 0 aliphatic rings. The number of carboxylic acids is 1. The minimum Gasteiger partial charge on any atom is -0.481 e. The van der Waals surface area contributed by atoms with Crippen molar-refractivity contribution in [3.8, 4) is 0 Å². The lowest BCUT2D eigenvalue weighted by Crippen LogP contribution is -2.19. The van der Waals surface area contributed by atoms with Crippen LogP contribution in [0.5, 0.6) is 0 Å². The van der Waals surface area contributed by atoms with Crippen LogP contribution in [0.3, 0.4) is 0 Å².